The minimum absolute atomic E-state index is 0.169. The minimum atomic E-state index is 0.169. The molecule has 0 bridgehead atoms. The van der Waals surface area contributed by atoms with Crippen molar-refractivity contribution in [1.29, 1.82) is 0 Å². The van der Waals surface area contributed by atoms with Crippen LogP contribution in [0, 0.1) is 5.41 Å². The van der Waals surface area contributed by atoms with E-state index in [0.29, 0.717) is 12.0 Å². The molecule has 1 N–H and O–H groups in total. The molecule has 3 nitrogen and oxygen atoms in total. The second-order valence-corrected chi connectivity index (χ2v) is 5.45. The fourth-order valence-electron chi connectivity index (χ4n) is 1.61. The van der Waals surface area contributed by atoms with Crippen molar-refractivity contribution in [3.8, 4) is 0 Å². The third-order valence-corrected chi connectivity index (χ3v) is 3.40. The molecule has 0 spiro atoms. The highest BCUT2D eigenvalue weighted by Gasteiger charge is 2.19. The standard InChI is InChI=1S/C11H23ClN2O/c1-11(2,8-12)9-13-6-10-7-14(3)4-5-15-10/h10,13H,4-9H2,1-3H3. The number of likely N-dealkylation sites (N-methyl/N-ethyl adjacent to an activating group) is 1. The number of hydrogen-bond donors (Lipinski definition) is 1. The lowest BCUT2D eigenvalue weighted by Crippen LogP contribution is -2.46. The van der Waals surface area contributed by atoms with Crippen LogP contribution in [0.1, 0.15) is 13.8 Å². The minimum Gasteiger partial charge on any atom is -0.374 e. The average Bonchev–Trinajstić information content (AvgIpc) is 2.18. The molecule has 15 heavy (non-hydrogen) atoms. The molecule has 1 aliphatic heterocycles. The van der Waals surface area contributed by atoms with E-state index in [9.17, 15) is 0 Å². The van der Waals surface area contributed by atoms with Crippen LogP contribution in [0.3, 0.4) is 0 Å². The highest BCUT2D eigenvalue weighted by molar-refractivity contribution is 6.18. The number of rotatable bonds is 5. The maximum absolute atomic E-state index is 5.86. The molecule has 0 saturated carbocycles. The summed E-state index contributed by atoms with van der Waals surface area (Å²) in [5.74, 6) is 0.686. The van der Waals surface area contributed by atoms with Crippen LogP contribution >= 0.6 is 11.6 Å². The van der Waals surface area contributed by atoms with E-state index in [1.54, 1.807) is 0 Å². The Bertz CT molecular complexity index is 187. The third kappa shape index (κ3) is 5.16. The van der Waals surface area contributed by atoms with Crippen molar-refractivity contribution in [3.05, 3.63) is 0 Å². The van der Waals surface area contributed by atoms with E-state index in [0.717, 1.165) is 32.8 Å². The Morgan fingerprint density at radius 2 is 2.27 bits per heavy atom. The van der Waals surface area contributed by atoms with Crippen molar-refractivity contribution in [3.63, 3.8) is 0 Å². The van der Waals surface area contributed by atoms with Gasteiger partial charge in [-0.2, -0.15) is 0 Å². The summed E-state index contributed by atoms with van der Waals surface area (Å²) in [6, 6.07) is 0. The van der Waals surface area contributed by atoms with Crippen molar-refractivity contribution >= 4 is 11.6 Å². The molecular formula is C11H23ClN2O. The third-order valence-electron chi connectivity index (χ3n) is 2.68. The van der Waals surface area contributed by atoms with Gasteiger partial charge in [-0.3, -0.25) is 0 Å². The van der Waals surface area contributed by atoms with E-state index in [-0.39, 0.29) is 5.41 Å². The first-order valence-corrected chi connectivity index (χ1v) is 6.14. The number of nitrogens with zero attached hydrogens (tertiary/aromatic N) is 1. The molecule has 0 amide bonds. The molecular weight excluding hydrogens is 212 g/mol. The van der Waals surface area contributed by atoms with Gasteiger partial charge in [-0.15, -0.1) is 11.6 Å². The Balaban J connectivity index is 2.14. The molecule has 0 aromatic rings. The zero-order valence-electron chi connectivity index (χ0n) is 10.1. The lowest BCUT2D eigenvalue weighted by Gasteiger charge is -2.31. The van der Waals surface area contributed by atoms with Gasteiger partial charge < -0.3 is 15.0 Å². The fourth-order valence-corrected chi connectivity index (χ4v) is 1.70. The maximum Gasteiger partial charge on any atom is 0.0826 e. The Labute approximate surface area is 98.1 Å². The lowest BCUT2D eigenvalue weighted by molar-refractivity contribution is -0.0187. The van der Waals surface area contributed by atoms with Crippen molar-refractivity contribution in [2.24, 2.45) is 5.41 Å². The van der Waals surface area contributed by atoms with Crippen molar-refractivity contribution < 1.29 is 4.74 Å². The van der Waals surface area contributed by atoms with E-state index in [1.165, 1.54) is 0 Å². The molecule has 0 radical (unpaired) electrons. The van der Waals surface area contributed by atoms with Crippen molar-refractivity contribution in [2.75, 3.05) is 45.7 Å². The second-order valence-electron chi connectivity index (χ2n) is 5.18. The highest BCUT2D eigenvalue weighted by atomic mass is 35.5. The summed E-state index contributed by atoms with van der Waals surface area (Å²) in [7, 11) is 2.14. The van der Waals surface area contributed by atoms with Gasteiger partial charge >= 0.3 is 0 Å². The largest absolute Gasteiger partial charge is 0.374 e. The summed E-state index contributed by atoms with van der Waals surface area (Å²) < 4.78 is 5.66. The monoisotopic (exact) mass is 234 g/mol. The fraction of sp³-hybridized carbons (Fsp3) is 1.00. The molecule has 1 atom stereocenters. The summed E-state index contributed by atoms with van der Waals surface area (Å²) >= 11 is 5.86. The Hall–Kier alpha value is 0.170. The SMILES string of the molecule is CN1CCOC(CNCC(C)(C)CCl)C1. The first-order chi connectivity index (χ1) is 7.03. The number of nitrogens with one attached hydrogen (secondary N) is 1. The molecule has 0 aromatic heterocycles. The van der Waals surface area contributed by atoms with Gasteiger partial charge in [-0.05, 0) is 12.5 Å². The van der Waals surface area contributed by atoms with E-state index in [2.05, 4.69) is 31.1 Å². The summed E-state index contributed by atoms with van der Waals surface area (Å²) in [6.45, 7) is 9.12. The normalized spacial score (nSPS) is 24.4. The van der Waals surface area contributed by atoms with E-state index < -0.39 is 0 Å². The maximum atomic E-state index is 5.86. The van der Waals surface area contributed by atoms with Crippen LogP contribution in [0.25, 0.3) is 0 Å². The van der Waals surface area contributed by atoms with Crippen LogP contribution in [-0.2, 0) is 4.74 Å². The van der Waals surface area contributed by atoms with E-state index in [1.807, 2.05) is 0 Å². The van der Waals surface area contributed by atoms with Gasteiger partial charge in [0.25, 0.3) is 0 Å². The number of halogens is 1. The molecule has 1 unspecified atom stereocenters. The number of hydrogen-bond acceptors (Lipinski definition) is 3. The summed E-state index contributed by atoms with van der Waals surface area (Å²) in [5, 5.41) is 3.43. The first-order valence-electron chi connectivity index (χ1n) is 5.60. The van der Waals surface area contributed by atoms with Gasteiger partial charge in [0.2, 0.25) is 0 Å². The average molecular weight is 235 g/mol. The molecule has 1 heterocycles. The Kier molecular flexibility index (Phi) is 5.33. The van der Waals surface area contributed by atoms with Crippen LogP contribution in [0.5, 0.6) is 0 Å². The molecule has 0 aliphatic carbocycles. The van der Waals surface area contributed by atoms with Gasteiger partial charge in [0, 0.05) is 32.1 Å². The topological polar surface area (TPSA) is 24.5 Å². The second kappa shape index (κ2) is 6.04. The molecule has 1 saturated heterocycles. The smallest absolute Gasteiger partial charge is 0.0826 e. The van der Waals surface area contributed by atoms with Gasteiger partial charge in [0.15, 0.2) is 0 Å². The molecule has 90 valence electrons. The Morgan fingerprint density at radius 3 is 2.87 bits per heavy atom. The molecule has 0 aromatic carbocycles. The van der Waals surface area contributed by atoms with Gasteiger partial charge in [0.1, 0.15) is 0 Å². The summed E-state index contributed by atoms with van der Waals surface area (Å²) in [6.07, 6.45) is 0.329. The predicted molar refractivity (Wildman–Crippen MR) is 64.6 cm³/mol. The first kappa shape index (κ1) is 13.2. The van der Waals surface area contributed by atoms with E-state index in [4.69, 9.17) is 16.3 Å². The van der Waals surface area contributed by atoms with E-state index >= 15 is 0 Å². The van der Waals surface area contributed by atoms with Crippen LogP contribution < -0.4 is 5.32 Å². The quantitative estimate of drug-likeness (QED) is 0.723. The lowest BCUT2D eigenvalue weighted by atomic mass is 9.96. The summed E-state index contributed by atoms with van der Waals surface area (Å²) in [4.78, 5) is 2.31. The highest BCUT2D eigenvalue weighted by Crippen LogP contribution is 2.15. The number of alkyl halides is 1. The molecule has 1 aliphatic rings. The van der Waals surface area contributed by atoms with Crippen LogP contribution in [0.4, 0.5) is 0 Å². The molecule has 4 heteroatoms. The molecule has 1 fully saturated rings. The number of morpholine rings is 1. The van der Waals surface area contributed by atoms with Crippen LogP contribution in [0.15, 0.2) is 0 Å². The van der Waals surface area contributed by atoms with Crippen LogP contribution in [-0.4, -0.2) is 56.7 Å². The predicted octanol–water partition coefficient (Wildman–Crippen LogP) is 1.17. The van der Waals surface area contributed by atoms with Gasteiger partial charge in [0.05, 0.1) is 12.7 Å². The Morgan fingerprint density at radius 1 is 1.53 bits per heavy atom. The number of ether oxygens (including phenoxy) is 1. The van der Waals surface area contributed by atoms with Gasteiger partial charge in [-0.25, -0.2) is 0 Å². The van der Waals surface area contributed by atoms with Crippen molar-refractivity contribution in [1.82, 2.24) is 10.2 Å². The van der Waals surface area contributed by atoms with Crippen LogP contribution in [0.2, 0.25) is 0 Å². The molecule has 1 rings (SSSR count). The van der Waals surface area contributed by atoms with Gasteiger partial charge in [-0.1, -0.05) is 13.8 Å². The zero-order valence-corrected chi connectivity index (χ0v) is 10.8. The van der Waals surface area contributed by atoms with Crippen molar-refractivity contribution in [2.45, 2.75) is 20.0 Å². The summed E-state index contributed by atoms with van der Waals surface area (Å²) in [5.41, 5.74) is 0.169. The zero-order chi connectivity index (χ0) is 11.3.